The predicted octanol–water partition coefficient (Wildman–Crippen LogP) is 4.40. The molecule has 1 fully saturated rings. The van der Waals surface area contributed by atoms with E-state index in [1.54, 1.807) is 4.31 Å². The van der Waals surface area contributed by atoms with Crippen molar-refractivity contribution in [3.05, 3.63) is 58.7 Å². The number of ether oxygens (including phenoxy) is 1. The molecule has 0 atom stereocenters. The van der Waals surface area contributed by atoms with E-state index in [1.165, 1.54) is 24.3 Å². The zero-order valence-electron chi connectivity index (χ0n) is 16.7. The van der Waals surface area contributed by atoms with E-state index >= 15 is 0 Å². The lowest BCUT2D eigenvalue weighted by molar-refractivity contribution is 0.0732. The van der Waals surface area contributed by atoms with Gasteiger partial charge < -0.3 is 4.74 Å². The summed E-state index contributed by atoms with van der Waals surface area (Å²) < 4.78 is 32.8. The van der Waals surface area contributed by atoms with E-state index in [0.717, 1.165) is 42.4 Å². The summed E-state index contributed by atoms with van der Waals surface area (Å²) in [6.07, 6.45) is 3.90. The van der Waals surface area contributed by atoms with Gasteiger partial charge in [-0.25, -0.2) is 13.2 Å². The van der Waals surface area contributed by atoms with Gasteiger partial charge in [-0.3, -0.25) is 0 Å². The van der Waals surface area contributed by atoms with Crippen molar-refractivity contribution < 1.29 is 17.9 Å². The number of rotatable bonds is 4. The van der Waals surface area contributed by atoms with Gasteiger partial charge in [0, 0.05) is 13.1 Å². The van der Waals surface area contributed by atoms with Crippen LogP contribution in [0.15, 0.2) is 41.3 Å². The highest BCUT2D eigenvalue weighted by atomic mass is 32.2. The smallest absolute Gasteiger partial charge is 0.343 e. The van der Waals surface area contributed by atoms with E-state index in [0.29, 0.717) is 24.4 Å². The molecule has 0 spiro atoms. The van der Waals surface area contributed by atoms with Gasteiger partial charge in [0.1, 0.15) is 5.75 Å². The van der Waals surface area contributed by atoms with Crippen molar-refractivity contribution in [1.82, 2.24) is 4.31 Å². The summed E-state index contributed by atoms with van der Waals surface area (Å²) in [5.74, 6) is 0.0711. The molecule has 0 radical (unpaired) electrons. The first-order chi connectivity index (χ1) is 13.3. The Morgan fingerprint density at radius 1 is 0.857 bits per heavy atom. The number of esters is 1. The normalized spacial score (nSPS) is 15.8. The summed E-state index contributed by atoms with van der Waals surface area (Å²) >= 11 is 0. The third-order valence-corrected chi connectivity index (χ3v) is 7.27. The van der Waals surface area contributed by atoms with Gasteiger partial charge in [0.25, 0.3) is 0 Å². The fraction of sp³-hybridized carbons (Fsp3) is 0.409. The zero-order chi connectivity index (χ0) is 20.3. The van der Waals surface area contributed by atoms with Crippen LogP contribution in [-0.4, -0.2) is 31.8 Å². The Bertz CT molecular complexity index is 957. The summed E-state index contributed by atoms with van der Waals surface area (Å²) in [7, 11) is -3.52. The van der Waals surface area contributed by atoms with Crippen molar-refractivity contribution >= 4 is 16.0 Å². The highest BCUT2D eigenvalue weighted by Gasteiger charge is 2.25. The Labute approximate surface area is 167 Å². The predicted molar refractivity (Wildman–Crippen MR) is 109 cm³/mol. The van der Waals surface area contributed by atoms with Crippen molar-refractivity contribution in [3.63, 3.8) is 0 Å². The lowest BCUT2D eigenvalue weighted by Gasteiger charge is -2.20. The molecule has 0 aromatic heterocycles. The fourth-order valence-electron chi connectivity index (χ4n) is 3.43. The molecule has 28 heavy (non-hydrogen) atoms. The molecule has 1 saturated heterocycles. The molecule has 0 saturated carbocycles. The van der Waals surface area contributed by atoms with Gasteiger partial charge in [-0.05, 0) is 74.6 Å². The number of aryl methyl sites for hydroxylation is 2. The summed E-state index contributed by atoms with van der Waals surface area (Å²) in [5.41, 5.74) is 3.19. The van der Waals surface area contributed by atoms with Crippen molar-refractivity contribution in [2.45, 2.75) is 51.3 Å². The van der Waals surface area contributed by atoms with Gasteiger partial charge >= 0.3 is 5.97 Å². The largest absolute Gasteiger partial charge is 0.422 e. The van der Waals surface area contributed by atoms with E-state index in [9.17, 15) is 13.2 Å². The topological polar surface area (TPSA) is 63.7 Å². The maximum absolute atomic E-state index is 12.8. The molecule has 0 bridgehead atoms. The lowest BCUT2D eigenvalue weighted by atomic mass is 10.1. The molecule has 5 nitrogen and oxygen atoms in total. The second kappa shape index (κ2) is 8.45. The Balaban J connectivity index is 1.79. The van der Waals surface area contributed by atoms with E-state index in [1.807, 2.05) is 32.9 Å². The third kappa shape index (κ3) is 4.28. The van der Waals surface area contributed by atoms with Crippen LogP contribution < -0.4 is 4.74 Å². The number of carbonyl (C=O) groups excluding carboxylic acids is 1. The first-order valence-electron chi connectivity index (χ1n) is 9.70. The lowest BCUT2D eigenvalue weighted by Crippen LogP contribution is -2.31. The van der Waals surface area contributed by atoms with Gasteiger partial charge in [-0.1, -0.05) is 25.0 Å². The van der Waals surface area contributed by atoms with Crippen LogP contribution in [0.4, 0.5) is 0 Å². The van der Waals surface area contributed by atoms with E-state index in [2.05, 4.69) is 0 Å². The molecule has 1 aliphatic heterocycles. The maximum Gasteiger partial charge on any atom is 0.343 e. The van der Waals surface area contributed by atoms with E-state index in [4.69, 9.17) is 4.74 Å². The Morgan fingerprint density at radius 2 is 1.43 bits per heavy atom. The molecule has 0 N–H and O–H groups in total. The molecule has 1 heterocycles. The number of nitrogens with zero attached hydrogens (tertiary/aromatic N) is 1. The molecule has 2 aromatic carbocycles. The summed E-state index contributed by atoms with van der Waals surface area (Å²) in [6.45, 7) is 6.89. The van der Waals surface area contributed by atoms with Crippen molar-refractivity contribution in [2.75, 3.05) is 13.1 Å². The minimum absolute atomic E-state index is 0.217. The number of sulfonamides is 1. The van der Waals surface area contributed by atoms with Gasteiger partial charge in [-0.2, -0.15) is 4.31 Å². The Morgan fingerprint density at radius 3 is 2.04 bits per heavy atom. The molecular weight excluding hydrogens is 374 g/mol. The van der Waals surface area contributed by atoms with E-state index < -0.39 is 16.0 Å². The standard InChI is InChI=1S/C22H27NO4S/c1-16-8-9-17(2)21(18(16)3)27-22(24)19-10-12-20(13-11-19)28(25,26)23-14-6-4-5-7-15-23/h8-13H,4-7,14-15H2,1-3H3. The quantitative estimate of drug-likeness (QED) is 0.563. The zero-order valence-corrected chi connectivity index (χ0v) is 17.5. The maximum atomic E-state index is 12.8. The number of hydrogen-bond acceptors (Lipinski definition) is 4. The van der Waals surface area contributed by atoms with Crippen molar-refractivity contribution in [2.24, 2.45) is 0 Å². The highest BCUT2D eigenvalue weighted by molar-refractivity contribution is 7.89. The summed E-state index contributed by atoms with van der Waals surface area (Å²) in [4.78, 5) is 12.8. The van der Waals surface area contributed by atoms with Crippen molar-refractivity contribution in [3.8, 4) is 5.75 Å². The Hall–Kier alpha value is -2.18. The molecule has 0 unspecified atom stereocenters. The molecule has 2 aromatic rings. The van der Waals surface area contributed by atoms with Crippen LogP contribution in [0.25, 0.3) is 0 Å². The Kier molecular flexibility index (Phi) is 6.20. The van der Waals surface area contributed by atoms with Crippen LogP contribution >= 0.6 is 0 Å². The average molecular weight is 402 g/mol. The van der Waals surface area contributed by atoms with Gasteiger partial charge in [0.05, 0.1) is 10.5 Å². The fourth-order valence-corrected chi connectivity index (χ4v) is 4.95. The molecule has 150 valence electrons. The second-order valence-electron chi connectivity index (χ2n) is 7.39. The summed E-state index contributed by atoms with van der Waals surface area (Å²) in [5, 5.41) is 0. The SMILES string of the molecule is Cc1ccc(C)c(OC(=O)c2ccc(S(=O)(=O)N3CCCCCC3)cc2)c1C. The van der Waals surface area contributed by atoms with Crippen LogP contribution in [0.1, 0.15) is 52.7 Å². The second-order valence-corrected chi connectivity index (χ2v) is 9.32. The molecule has 6 heteroatoms. The molecular formula is C22H27NO4S. The van der Waals surface area contributed by atoms with Crippen LogP contribution in [0.3, 0.4) is 0 Å². The number of benzene rings is 2. The first-order valence-corrected chi connectivity index (χ1v) is 11.1. The molecule has 3 rings (SSSR count). The number of carbonyl (C=O) groups is 1. The minimum Gasteiger partial charge on any atom is -0.422 e. The van der Waals surface area contributed by atoms with Gasteiger partial charge in [0.15, 0.2) is 0 Å². The number of hydrogen-bond donors (Lipinski definition) is 0. The van der Waals surface area contributed by atoms with E-state index in [-0.39, 0.29) is 4.90 Å². The van der Waals surface area contributed by atoms with Crippen molar-refractivity contribution in [1.29, 1.82) is 0 Å². The summed E-state index contributed by atoms with van der Waals surface area (Å²) in [6, 6.07) is 9.94. The van der Waals surface area contributed by atoms with Crippen LogP contribution in [0.5, 0.6) is 5.75 Å². The molecule has 1 aliphatic rings. The monoisotopic (exact) mass is 401 g/mol. The first kappa shape index (κ1) is 20.6. The minimum atomic E-state index is -3.52. The van der Waals surface area contributed by atoms with Gasteiger partial charge in [-0.15, -0.1) is 0 Å². The third-order valence-electron chi connectivity index (χ3n) is 5.36. The van der Waals surface area contributed by atoms with Crippen LogP contribution in [0, 0.1) is 20.8 Å². The molecule has 0 aliphatic carbocycles. The van der Waals surface area contributed by atoms with Gasteiger partial charge in [0.2, 0.25) is 10.0 Å². The molecule has 0 amide bonds. The highest BCUT2D eigenvalue weighted by Crippen LogP contribution is 2.27. The van der Waals surface area contributed by atoms with Crippen LogP contribution in [0.2, 0.25) is 0 Å². The van der Waals surface area contributed by atoms with Crippen LogP contribution in [-0.2, 0) is 10.0 Å². The average Bonchev–Trinajstić information content (AvgIpc) is 2.98.